The van der Waals surface area contributed by atoms with Crippen molar-refractivity contribution in [3.05, 3.63) is 35.1 Å². The predicted molar refractivity (Wildman–Crippen MR) is 68.5 cm³/mol. The Hall–Kier alpha value is -0.930. The Kier molecular flexibility index (Phi) is 4.13. The van der Waals surface area contributed by atoms with E-state index >= 15 is 0 Å². The fraction of sp³-hybridized carbons (Fsp3) is 0.571. The van der Waals surface area contributed by atoms with Crippen LogP contribution in [0, 0.1) is 12.7 Å². The second kappa shape index (κ2) is 5.61. The number of halogens is 1. The van der Waals surface area contributed by atoms with Gasteiger partial charge >= 0.3 is 0 Å². The molecular weight excluding hydrogens is 215 g/mol. The van der Waals surface area contributed by atoms with E-state index in [9.17, 15) is 4.39 Å². The summed E-state index contributed by atoms with van der Waals surface area (Å²) in [4.78, 5) is 2.49. The lowest BCUT2D eigenvalue weighted by atomic mass is 10.1. The molecule has 1 atom stereocenters. The van der Waals surface area contributed by atoms with Crippen molar-refractivity contribution >= 4 is 0 Å². The van der Waals surface area contributed by atoms with E-state index in [-0.39, 0.29) is 5.82 Å². The summed E-state index contributed by atoms with van der Waals surface area (Å²) in [5.41, 5.74) is 1.96. The summed E-state index contributed by atoms with van der Waals surface area (Å²) < 4.78 is 13.2. The maximum absolute atomic E-state index is 13.2. The second-order valence-electron chi connectivity index (χ2n) is 4.91. The Morgan fingerprint density at radius 2 is 2.29 bits per heavy atom. The molecule has 2 nitrogen and oxygen atoms in total. The highest BCUT2D eigenvalue weighted by molar-refractivity contribution is 5.24. The van der Waals surface area contributed by atoms with Gasteiger partial charge in [-0.2, -0.15) is 0 Å². The number of aryl methyl sites for hydroxylation is 1. The van der Waals surface area contributed by atoms with Crippen LogP contribution in [0.3, 0.4) is 0 Å². The first-order chi connectivity index (χ1) is 8.20. The second-order valence-corrected chi connectivity index (χ2v) is 4.91. The van der Waals surface area contributed by atoms with Gasteiger partial charge in [0.2, 0.25) is 0 Å². The van der Waals surface area contributed by atoms with Gasteiger partial charge in [0.15, 0.2) is 0 Å². The van der Waals surface area contributed by atoms with Crippen molar-refractivity contribution in [2.75, 3.05) is 20.1 Å². The molecule has 0 saturated carbocycles. The minimum absolute atomic E-state index is 0.109. The fourth-order valence-corrected chi connectivity index (χ4v) is 2.61. The molecule has 1 aliphatic rings. The molecule has 0 amide bonds. The number of nitrogens with one attached hydrogen (secondary N) is 1. The normalized spacial score (nSPS) is 21.0. The molecule has 2 rings (SSSR count). The van der Waals surface area contributed by atoms with Crippen molar-refractivity contribution in [2.45, 2.75) is 32.4 Å². The van der Waals surface area contributed by atoms with E-state index in [0.717, 1.165) is 25.2 Å². The molecule has 1 saturated heterocycles. The zero-order chi connectivity index (χ0) is 12.3. The number of nitrogens with zero attached hydrogens (tertiary/aromatic N) is 1. The van der Waals surface area contributed by atoms with E-state index in [1.54, 1.807) is 6.07 Å². The Labute approximate surface area is 103 Å². The SMILES string of the molecule is CNCC1CCCN1Cc1ccc(F)c(C)c1. The third-order valence-corrected chi connectivity index (χ3v) is 3.55. The van der Waals surface area contributed by atoms with Crippen molar-refractivity contribution in [3.8, 4) is 0 Å². The van der Waals surface area contributed by atoms with Crippen LogP contribution in [0.5, 0.6) is 0 Å². The lowest BCUT2D eigenvalue weighted by molar-refractivity contribution is 0.242. The summed E-state index contributed by atoms with van der Waals surface area (Å²) in [6, 6.07) is 6.07. The molecule has 0 radical (unpaired) electrons. The molecule has 1 aliphatic heterocycles. The average molecular weight is 236 g/mol. The first kappa shape index (κ1) is 12.5. The summed E-state index contributed by atoms with van der Waals surface area (Å²) >= 11 is 0. The molecule has 0 aliphatic carbocycles. The molecule has 0 aromatic heterocycles. The van der Waals surface area contributed by atoms with E-state index in [0.29, 0.717) is 6.04 Å². The Morgan fingerprint density at radius 3 is 3.00 bits per heavy atom. The third kappa shape index (κ3) is 3.05. The van der Waals surface area contributed by atoms with E-state index in [1.165, 1.54) is 18.4 Å². The first-order valence-electron chi connectivity index (χ1n) is 6.34. The van der Waals surface area contributed by atoms with Crippen LogP contribution in [-0.2, 0) is 6.54 Å². The van der Waals surface area contributed by atoms with Crippen molar-refractivity contribution in [3.63, 3.8) is 0 Å². The summed E-state index contributed by atoms with van der Waals surface area (Å²) in [5.74, 6) is -0.109. The summed E-state index contributed by atoms with van der Waals surface area (Å²) in [6.07, 6.45) is 2.54. The lowest BCUT2D eigenvalue weighted by Gasteiger charge is -2.24. The first-order valence-corrected chi connectivity index (χ1v) is 6.34. The van der Waals surface area contributed by atoms with E-state index in [2.05, 4.69) is 10.2 Å². The number of hydrogen-bond donors (Lipinski definition) is 1. The zero-order valence-electron chi connectivity index (χ0n) is 10.7. The van der Waals surface area contributed by atoms with E-state index in [4.69, 9.17) is 0 Å². The molecule has 3 heteroatoms. The molecule has 1 fully saturated rings. The molecule has 0 bridgehead atoms. The average Bonchev–Trinajstić information content (AvgIpc) is 2.72. The van der Waals surface area contributed by atoms with Gasteiger partial charge in [0, 0.05) is 19.1 Å². The predicted octanol–water partition coefficient (Wildman–Crippen LogP) is 2.32. The monoisotopic (exact) mass is 236 g/mol. The molecule has 1 unspecified atom stereocenters. The van der Waals surface area contributed by atoms with Crippen LogP contribution in [0.2, 0.25) is 0 Å². The molecule has 1 aromatic rings. The van der Waals surface area contributed by atoms with E-state index in [1.807, 2.05) is 26.1 Å². The van der Waals surface area contributed by atoms with Crippen molar-refractivity contribution < 1.29 is 4.39 Å². The molecule has 0 spiro atoms. The summed E-state index contributed by atoms with van der Waals surface area (Å²) in [6.45, 7) is 4.96. The molecule has 1 aromatic carbocycles. The minimum Gasteiger partial charge on any atom is -0.318 e. The van der Waals surface area contributed by atoms with Gasteiger partial charge in [-0.25, -0.2) is 4.39 Å². The Morgan fingerprint density at radius 1 is 1.47 bits per heavy atom. The highest BCUT2D eigenvalue weighted by Gasteiger charge is 2.23. The smallest absolute Gasteiger partial charge is 0.126 e. The minimum atomic E-state index is -0.109. The highest BCUT2D eigenvalue weighted by Crippen LogP contribution is 2.20. The van der Waals surface area contributed by atoms with Gasteiger partial charge in [0.1, 0.15) is 5.82 Å². The molecule has 17 heavy (non-hydrogen) atoms. The zero-order valence-corrected chi connectivity index (χ0v) is 10.7. The van der Waals surface area contributed by atoms with E-state index < -0.39 is 0 Å². The van der Waals surface area contributed by atoms with Crippen molar-refractivity contribution in [1.29, 1.82) is 0 Å². The Balaban J connectivity index is 2.02. The topological polar surface area (TPSA) is 15.3 Å². The number of likely N-dealkylation sites (N-methyl/N-ethyl adjacent to an activating group) is 1. The summed E-state index contributed by atoms with van der Waals surface area (Å²) in [7, 11) is 2.00. The number of benzene rings is 1. The maximum Gasteiger partial charge on any atom is 0.126 e. The van der Waals surface area contributed by atoms with Gasteiger partial charge in [-0.15, -0.1) is 0 Å². The fourth-order valence-electron chi connectivity index (χ4n) is 2.61. The number of hydrogen-bond acceptors (Lipinski definition) is 2. The van der Waals surface area contributed by atoms with Gasteiger partial charge in [-0.1, -0.05) is 12.1 Å². The van der Waals surface area contributed by atoms with Crippen LogP contribution in [0.25, 0.3) is 0 Å². The quantitative estimate of drug-likeness (QED) is 0.863. The molecular formula is C14H21FN2. The van der Waals surface area contributed by atoms with Gasteiger partial charge in [0.05, 0.1) is 0 Å². The van der Waals surface area contributed by atoms with Crippen molar-refractivity contribution in [2.24, 2.45) is 0 Å². The molecule has 94 valence electrons. The van der Waals surface area contributed by atoms with Gasteiger partial charge in [0.25, 0.3) is 0 Å². The molecule has 1 heterocycles. The van der Waals surface area contributed by atoms with Crippen LogP contribution in [0.1, 0.15) is 24.0 Å². The van der Waals surface area contributed by atoms with Gasteiger partial charge in [-0.3, -0.25) is 4.90 Å². The van der Waals surface area contributed by atoms with Crippen LogP contribution in [0.4, 0.5) is 4.39 Å². The van der Waals surface area contributed by atoms with Gasteiger partial charge in [-0.05, 0) is 50.6 Å². The third-order valence-electron chi connectivity index (χ3n) is 3.55. The van der Waals surface area contributed by atoms with Crippen molar-refractivity contribution in [1.82, 2.24) is 10.2 Å². The largest absolute Gasteiger partial charge is 0.318 e. The van der Waals surface area contributed by atoms with Crippen LogP contribution >= 0.6 is 0 Å². The standard InChI is InChI=1S/C14H21FN2/c1-11-8-12(5-6-14(11)15)10-17-7-3-4-13(17)9-16-2/h5-6,8,13,16H,3-4,7,9-10H2,1-2H3. The maximum atomic E-state index is 13.2. The number of likely N-dealkylation sites (tertiary alicyclic amines) is 1. The summed E-state index contributed by atoms with van der Waals surface area (Å²) in [5, 5.41) is 3.24. The Bertz CT molecular complexity index is 378. The number of rotatable bonds is 4. The van der Waals surface area contributed by atoms with Crippen LogP contribution in [-0.4, -0.2) is 31.1 Å². The van der Waals surface area contributed by atoms with Gasteiger partial charge < -0.3 is 5.32 Å². The lowest BCUT2D eigenvalue weighted by Crippen LogP contribution is -2.36. The molecule has 1 N–H and O–H groups in total. The highest BCUT2D eigenvalue weighted by atomic mass is 19.1. The van der Waals surface area contributed by atoms with Crippen LogP contribution < -0.4 is 5.32 Å². The van der Waals surface area contributed by atoms with Crippen LogP contribution in [0.15, 0.2) is 18.2 Å².